The van der Waals surface area contributed by atoms with Gasteiger partial charge in [0.2, 0.25) is 5.75 Å². The molecule has 0 unspecified atom stereocenters. The Morgan fingerprint density at radius 3 is 2.45 bits per heavy atom. The van der Waals surface area contributed by atoms with Gasteiger partial charge in [-0.25, -0.2) is 4.79 Å². The minimum absolute atomic E-state index is 0.206. The first-order valence-electron chi connectivity index (χ1n) is 11.4. The summed E-state index contributed by atoms with van der Waals surface area (Å²) in [6.07, 6.45) is 0. The molecule has 0 saturated heterocycles. The summed E-state index contributed by atoms with van der Waals surface area (Å²) in [7, 11) is 6.54. The number of anilines is 1. The minimum Gasteiger partial charge on any atom is -0.493 e. The molecular weight excluding hydrogens is 556 g/mol. The number of carbonyl (C=O) groups excluding carboxylic acids is 1. The maximum atomic E-state index is 13.4. The first-order chi connectivity index (χ1) is 18.3. The number of carbonyl (C=O) groups is 1. The van der Waals surface area contributed by atoms with E-state index in [0.717, 1.165) is 26.5 Å². The van der Waals surface area contributed by atoms with Crippen molar-refractivity contribution in [1.29, 1.82) is 0 Å². The summed E-state index contributed by atoms with van der Waals surface area (Å²) in [6, 6.07) is 16.7. The predicted molar refractivity (Wildman–Crippen MR) is 146 cm³/mol. The van der Waals surface area contributed by atoms with Gasteiger partial charge in [0.15, 0.2) is 17.3 Å². The summed E-state index contributed by atoms with van der Waals surface area (Å²) in [5.41, 5.74) is 3.96. The number of amides is 1. The van der Waals surface area contributed by atoms with Gasteiger partial charge in [0.25, 0.3) is 5.91 Å². The van der Waals surface area contributed by atoms with Gasteiger partial charge in [-0.1, -0.05) is 33.2 Å². The van der Waals surface area contributed by atoms with Crippen molar-refractivity contribution in [3.63, 3.8) is 0 Å². The molecule has 0 aliphatic carbocycles. The normalized spacial score (nSPS) is 11.0. The average molecular weight is 579 g/mol. The number of ether oxygens (including phenoxy) is 3. The largest absolute Gasteiger partial charge is 0.493 e. The van der Waals surface area contributed by atoms with E-state index in [1.807, 2.05) is 48.0 Å². The Hall–Kier alpha value is -4.51. The molecule has 5 rings (SSSR count). The molecule has 3 aromatic carbocycles. The summed E-state index contributed by atoms with van der Waals surface area (Å²) in [6.45, 7) is 0. The lowest BCUT2D eigenvalue weighted by Gasteiger charge is -2.16. The standard InChI is InChI=1S/C27H23BrN4O6/c1-32-20-11-14(17-8-10-22(35-2)24(37-4)23(17)36-3)5-6-15(20)12-21(32)26(33)29-19-9-7-16(28)13-18(19)25-30-27(34)38-31-25/h5-13H,1-4H3,(H,29,33)(H,30,31,34). The number of benzene rings is 3. The molecular formula is C27H23BrN4O6. The fourth-order valence-electron chi connectivity index (χ4n) is 4.40. The average Bonchev–Trinajstić information content (AvgIpc) is 3.51. The zero-order chi connectivity index (χ0) is 27.0. The van der Waals surface area contributed by atoms with Gasteiger partial charge in [-0.05, 0) is 48.0 Å². The van der Waals surface area contributed by atoms with E-state index in [0.29, 0.717) is 34.2 Å². The number of rotatable bonds is 7. The summed E-state index contributed by atoms with van der Waals surface area (Å²) < 4.78 is 23.8. The lowest BCUT2D eigenvalue weighted by molar-refractivity contribution is 0.102. The third-order valence-electron chi connectivity index (χ3n) is 6.22. The Balaban J connectivity index is 1.53. The van der Waals surface area contributed by atoms with Crippen LogP contribution >= 0.6 is 15.9 Å². The van der Waals surface area contributed by atoms with Crippen LogP contribution in [0, 0.1) is 0 Å². The van der Waals surface area contributed by atoms with Crippen molar-refractivity contribution in [1.82, 2.24) is 14.7 Å². The van der Waals surface area contributed by atoms with Crippen molar-refractivity contribution >= 4 is 38.4 Å². The van der Waals surface area contributed by atoms with Crippen molar-refractivity contribution in [2.24, 2.45) is 7.05 Å². The van der Waals surface area contributed by atoms with Crippen molar-refractivity contribution < 1.29 is 23.5 Å². The van der Waals surface area contributed by atoms with E-state index in [1.165, 1.54) is 0 Å². The molecule has 0 bridgehead atoms. The number of fused-ring (bicyclic) bond motifs is 1. The first-order valence-corrected chi connectivity index (χ1v) is 12.2. The van der Waals surface area contributed by atoms with E-state index < -0.39 is 5.76 Å². The number of nitrogens with zero attached hydrogens (tertiary/aromatic N) is 2. The molecule has 194 valence electrons. The van der Waals surface area contributed by atoms with Gasteiger partial charge < -0.3 is 24.1 Å². The summed E-state index contributed by atoms with van der Waals surface area (Å²) >= 11 is 3.41. The summed E-state index contributed by atoms with van der Waals surface area (Å²) in [5, 5.41) is 7.56. The SMILES string of the molecule is COc1ccc(-c2ccc3cc(C(=O)Nc4ccc(Br)cc4-c4noc(=O)[nH]4)n(C)c3c2)c(OC)c1OC. The highest BCUT2D eigenvalue weighted by atomic mass is 79.9. The molecule has 1 amide bonds. The Labute approximate surface area is 225 Å². The van der Waals surface area contributed by atoms with Crippen LogP contribution in [-0.2, 0) is 7.05 Å². The van der Waals surface area contributed by atoms with E-state index >= 15 is 0 Å². The van der Waals surface area contributed by atoms with Crippen molar-refractivity contribution in [2.45, 2.75) is 0 Å². The Morgan fingerprint density at radius 1 is 0.974 bits per heavy atom. The number of hydrogen-bond acceptors (Lipinski definition) is 7. The van der Waals surface area contributed by atoms with Crippen LogP contribution in [-0.4, -0.2) is 41.9 Å². The highest BCUT2D eigenvalue weighted by Gasteiger charge is 2.20. The number of hydrogen-bond donors (Lipinski definition) is 2. The lowest BCUT2D eigenvalue weighted by Crippen LogP contribution is -2.16. The molecule has 0 atom stereocenters. The molecule has 5 aromatic rings. The molecule has 2 heterocycles. The van der Waals surface area contributed by atoms with Gasteiger partial charge in [0.05, 0.1) is 27.0 Å². The van der Waals surface area contributed by atoms with Gasteiger partial charge in [-0.3, -0.25) is 14.3 Å². The number of nitrogens with one attached hydrogen (secondary N) is 2. The molecule has 0 spiro atoms. The lowest BCUT2D eigenvalue weighted by atomic mass is 10.0. The number of halogens is 1. The second-order valence-electron chi connectivity index (χ2n) is 8.33. The Bertz CT molecular complexity index is 1740. The van der Waals surface area contributed by atoms with Gasteiger partial charge in [-0.15, -0.1) is 0 Å². The molecule has 0 saturated carbocycles. The number of aromatic amines is 1. The molecule has 11 heteroatoms. The second-order valence-corrected chi connectivity index (χ2v) is 9.25. The highest BCUT2D eigenvalue weighted by Crippen LogP contribution is 2.44. The highest BCUT2D eigenvalue weighted by molar-refractivity contribution is 9.10. The van der Waals surface area contributed by atoms with Gasteiger partial charge in [-0.2, -0.15) is 0 Å². The van der Waals surface area contributed by atoms with Crippen LogP contribution < -0.4 is 25.3 Å². The maximum absolute atomic E-state index is 13.4. The minimum atomic E-state index is -0.687. The van der Waals surface area contributed by atoms with Crippen molar-refractivity contribution in [2.75, 3.05) is 26.6 Å². The molecule has 38 heavy (non-hydrogen) atoms. The molecule has 2 aromatic heterocycles. The Morgan fingerprint density at radius 2 is 1.76 bits per heavy atom. The topological polar surface area (TPSA) is 121 Å². The van der Waals surface area contributed by atoms with Crippen LogP contribution in [0.15, 0.2) is 68.4 Å². The van der Waals surface area contributed by atoms with Gasteiger partial charge in [0.1, 0.15) is 5.69 Å². The third-order valence-corrected chi connectivity index (χ3v) is 6.71. The van der Waals surface area contributed by atoms with E-state index in [2.05, 4.69) is 35.9 Å². The second kappa shape index (κ2) is 10.1. The van der Waals surface area contributed by atoms with E-state index in [-0.39, 0.29) is 11.7 Å². The van der Waals surface area contributed by atoms with Crippen LogP contribution in [0.25, 0.3) is 33.4 Å². The molecule has 0 radical (unpaired) electrons. The zero-order valence-corrected chi connectivity index (χ0v) is 22.5. The van der Waals surface area contributed by atoms with E-state index in [1.54, 1.807) is 39.5 Å². The van der Waals surface area contributed by atoms with E-state index in [4.69, 9.17) is 14.2 Å². The van der Waals surface area contributed by atoms with Gasteiger partial charge >= 0.3 is 5.76 Å². The fraction of sp³-hybridized carbons (Fsp3) is 0.148. The monoisotopic (exact) mass is 578 g/mol. The molecule has 0 fully saturated rings. The molecule has 0 aliphatic rings. The quantitative estimate of drug-likeness (QED) is 0.271. The predicted octanol–water partition coefficient (Wildman–Crippen LogP) is 5.23. The first kappa shape index (κ1) is 25.2. The van der Waals surface area contributed by atoms with Crippen LogP contribution in [0.1, 0.15) is 10.5 Å². The van der Waals surface area contributed by atoms with E-state index in [9.17, 15) is 9.59 Å². The van der Waals surface area contributed by atoms with Gasteiger partial charge in [0, 0.05) is 33.6 Å². The maximum Gasteiger partial charge on any atom is 0.439 e. The van der Waals surface area contributed by atoms with Crippen LogP contribution in [0.3, 0.4) is 0 Å². The Kier molecular flexibility index (Phi) is 6.68. The fourth-order valence-corrected chi connectivity index (χ4v) is 4.76. The number of aromatic nitrogens is 3. The number of H-pyrrole nitrogens is 1. The molecule has 0 aliphatic heterocycles. The third kappa shape index (κ3) is 4.41. The number of methoxy groups -OCH3 is 3. The van der Waals surface area contributed by atoms with Crippen LogP contribution in [0.5, 0.6) is 17.2 Å². The smallest absolute Gasteiger partial charge is 0.439 e. The molecule has 2 N–H and O–H groups in total. The number of aryl methyl sites for hydroxylation is 1. The van der Waals surface area contributed by atoms with Crippen LogP contribution in [0.4, 0.5) is 5.69 Å². The summed E-state index contributed by atoms with van der Waals surface area (Å²) in [4.78, 5) is 27.4. The van der Waals surface area contributed by atoms with Crippen LogP contribution in [0.2, 0.25) is 0 Å². The summed E-state index contributed by atoms with van der Waals surface area (Å²) in [5.74, 6) is 0.799. The van der Waals surface area contributed by atoms with Crippen molar-refractivity contribution in [3.8, 4) is 39.8 Å². The molecule has 10 nitrogen and oxygen atoms in total. The van der Waals surface area contributed by atoms with Crippen molar-refractivity contribution in [3.05, 3.63) is 75.3 Å². The zero-order valence-electron chi connectivity index (χ0n) is 20.9.